The fourth-order valence-corrected chi connectivity index (χ4v) is 3.53. The average molecular weight is 447 g/mol. The molecule has 5 aromatic rings. The van der Waals surface area contributed by atoms with Gasteiger partial charge in [-0.15, -0.1) is 10.2 Å². The number of halogens is 1. The molecule has 0 unspecified atom stereocenters. The lowest BCUT2D eigenvalue weighted by Crippen LogP contribution is -2.05. The molecule has 2 N–H and O–H groups in total. The van der Waals surface area contributed by atoms with Gasteiger partial charge in [0.2, 0.25) is 5.95 Å². The van der Waals surface area contributed by atoms with Gasteiger partial charge >= 0.3 is 0 Å². The maximum Gasteiger partial charge on any atom is 0.228 e. The number of pyridine rings is 1. The van der Waals surface area contributed by atoms with E-state index in [1.165, 1.54) is 0 Å². The Hall–Kier alpha value is -3.82. The Bertz CT molecular complexity index is 1380. The van der Waals surface area contributed by atoms with Gasteiger partial charge in [0.05, 0.1) is 18.0 Å². The van der Waals surface area contributed by atoms with Crippen molar-refractivity contribution in [3.63, 3.8) is 0 Å². The first-order valence-corrected chi connectivity index (χ1v) is 10.3. The second-order valence-electron chi connectivity index (χ2n) is 7.26. The molecule has 0 amide bonds. The molecular weight excluding hydrogens is 428 g/mol. The maximum absolute atomic E-state index is 10.6. The van der Waals surface area contributed by atoms with E-state index in [4.69, 9.17) is 11.6 Å². The topological polar surface area (TPSA) is 106 Å². The molecule has 0 fully saturated rings. The Kier molecular flexibility index (Phi) is 5.26. The zero-order valence-corrected chi connectivity index (χ0v) is 17.8. The summed E-state index contributed by atoms with van der Waals surface area (Å²) < 4.78 is 3.57. The fourth-order valence-electron chi connectivity index (χ4n) is 3.41. The van der Waals surface area contributed by atoms with Gasteiger partial charge in [0, 0.05) is 42.5 Å². The highest BCUT2D eigenvalue weighted by Crippen LogP contribution is 2.23. The van der Waals surface area contributed by atoms with Crippen molar-refractivity contribution in [3.05, 3.63) is 83.5 Å². The lowest BCUT2D eigenvalue weighted by molar-refractivity contribution is 0.175. The Balaban J connectivity index is 1.38. The van der Waals surface area contributed by atoms with Crippen molar-refractivity contribution in [3.8, 4) is 11.3 Å². The molecule has 4 heterocycles. The Morgan fingerprint density at radius 3 is 2.69 bits per heavy atom. The van der Waals surface area contributed by atoms with Crippen molar-refractivity contribution in [1.29, 1.82) is 0 Å². The summed E-state index contributed by atoms with van der Waals surface area (Å²) >= 11 is 5.93. The van der Waals surface area contributed by atoms with Crippen LogP contribution in [0.15, 0.2) is 67.1 Å². The van der Waals surface area contributed by atoms with Gasteiger partial charge in [-0.05, 0) is 35.9 Å². The van der Waals surface area contributed by atoms with Crippen LogP contribution in [0.1, 0.15) is 17.5 Å². The average Bonchev–Trinajstić information content (AvgIpc) is 3.40. The number of aliphatic hydroxyl groups is 1. The van der Waals surface area contributed by atoms with Crippen LogP contribution in [-0.2, 0) is 13.5 Å². The summed E-state index contributed by atoms with van der Waals surface area (Å²) in [4.78, 5) is 8.88. The summed E-state index contributed by atoms with van der Waals surface area (Å²) in [6.07, 6.45) is 4.90. The Labute approximate surface area is 188 Å². The highest BCUT2D eigenvalue weighted by atomic mass is 35.5. The zero-order valence-electron chi connectivity index (χ0n) is 17.1. The van der Waals surface area contributed by atoms with Gasteiger partial charge in [0.25, 0.3) is 0 Å². The molecule has 160 valence electrons. The van der Waals surface area contributed by atoms with E-state index in [-0.39, 0.29) is 0 Å². The molecule has 4 aromatic heterocycles. The number of anilines is 2. The van der Waals surface area contributed by atoms with Crippen molar-refractivity contribution in [1.82, 2.24) is 34.3 Å². The molecule has 9 nitrogen and oxygen atoms in total. The maximum atomic E-state index is 10.6. The van der Waals surface area contributed by atoms with E-state index in [2.05, 4.69) is 30.6 Å². The van der Waals surface area contributed by atoms with E-state index in [9.17, 15) is 5.11 Å². The summed E-state index contributed by atoms with van der Waals surface area (Å²) in [5.41, 5.74) is 3.07. The number of fused-ring (bicyclic) bond motifs is 1. The van der Waals surface area contributed by atoms with Crippen LogP contribution in [-0.4, -0.2) is 39.5 Å². The van der Waals surface area contributed by atoms with Crippen molar-refractivity contribution in [2.24, 2.45) is 7.05 Å². The second kappa shape index (κ2) is 8.37. The second-order valence-corrected chi connectivity index (χ2v) is 7.70. The predicted octanol–water partition coefficient (Wildman–Crippen LogP) is 3.59. The summed E-state index contributed by atoms with van der Waals surface area (Å²) in [6.45, 7) is 0. The number of nitrogens with one attached hydrogen (secondary N) is 1. The van der Waals surface area contributed by atoms with Crippen molar-refractivity contribution < 1.29 is 5.11 Å². The number of benzene rings is 1. The molecule has 0 aliphatic heterocycles. The van der Waals surface area contributed by atoms with Crippen LogP contribution < -0.4 is 5.32 Å². The SMILES string of the molecule is Cn1nccc1Nc1nccc(-c2ccn3c(C[C@@H](O)c4ccc(Cl)cc4)nnc3c2)n1. The number of aryl methyl sites for hydroxylation is 1. The van der Waals surface area contributed by atoms with Crippen molar-refractivity contribution in [2.75, 3.05) is 5.32 Å². The molecule has 10 heteroatoms. The molecular formula is C22H19ClN8O. The van der Waals surface area contributed by atoms with E-state index in [0.29, 0.717) is 28.9 Å². The minimum absolute atomic E-state index is 0.328. The third-order valence-corrected chi connectivity index (χ3v) is 5.38. The van der Waals surface area contributed by atoms with Crippen LogP contribution >= 0.6 is 11.6 Å². The third kappa shape index (κ3) is 4.03. The van der Waals surface area contributed by atoms with Gasteiger partial charge in [-0.1, -0.05) is 23.7 Å². The number of nitrogens with zero attached hydrogens (tertiary/aromatic N) is 7. The minimum Gasteiger partial charge on any atom is -0.388 e. The van der Waals surface area contributed by atoms with Crippen LogP contribution in [0, 0.1) is 0 Å². The van der Waals surface area contributed by atoms with E-state index in [1.54, 1.807) is 41.3 Å². The number of rotatable bonds is 6. The van der Waals surface area contributed by atoms with Crippen LogP contribution in [0.3, 0.4) is 0 Å². The van der Waals surface area contributed by atoms with Crippen LogP contribution in [0.2, 0.25) is 5.02 Å². The fraction of sp³-hybridized carbons (Fsp3) is 0.136. The lowest BCUT2D eigenvalue weighted by Gasteiger charge is -2.10. The van der Waals surface area contributed by atoms with Crippen molar-refractivity contribution in [2.45, 2.75) is 12.5 Å². The molecule has 0 aliphatic carbocycles. The lowest BCUT2D eigenvalue weighted by atomic mass is 10.1. The van der Waals surface area contributed by atoms with E-state index >= 15 is 0 Å². The monoisotopic (exact) mass is 446 g/mol. The number of hydrogen-bond acceptors (Lipinski definition) is 7. The first-order valence-electron chi connectivity index (χ1n) is 9.92. The molecule has 0 aliphatic rings. The number of aromatic nitrogens is 7. The summed E-state index contributed by atoms with van der Waals surface area (Å²) in [5.74, 6) is 1.92. The van der Waals surface area contributed by atoms with Gasteiger partial charge in [0.15, 0.2) is 5.65 Å². The van der Waals surface area contributed by atoms with Crippen LogP contribution in [0.4, 0.5) is 11.8 Å². The van der Waals surface area contributed by atoms with Crippen LogP contribution in [0.25, 0.3) is 16.9 Å². The molecule has 0 bridgehead atoms. The van der Waals surface area contributed by atoms with E-state index in [1.807, 2.05) is 41.9 Å². The smallest absolute Gasteiger partial charge is 0.228 e. The van der Waals surface area contributed by atoms with E-state index in [0.717, 1.165) is 22.6 Å². The molecule has 1 aromatic carbocycles. The van der Waals surface area contributed by atoms with E-state index < -0.39 is 6.10 Å². The van der Waals surface area contributed by atoms with Crippen molar-refractivity contribution >= 4 is 29.0 Å². The van der Waals surface area contributed by atoms with Gasteiger partial charge < -0.3 is 10.4 Å². The number of hydrogen-bond donors (Lipinski definition) is 2. The highest BCUT2D eigenvalue weighted by Gasteiger charge is 2.14. The summed E-state index contributed by atoms with van der Waals surface area (Å²) in [5, 5.41) is 27.0. The van der Waals surface area contributed by atoms with Gasteiger partial charge in [0.1, 0.15) is 11.6 Å². The number of aliphatic hydroxyl groups excluding tert-OH is 1. The molecule has 0 saturated heterocycles. The largest absolute Gasteiger partial charge is 0.388 e. The molecule has 0 radical (unpaired) electrons. The molecule has 1 atom stereocenters. The predicted molar refractivity (Wildman–Crippen MR) is 121 cm³/mol. The van der Waals surface area contributed by atoms with Gasteiger partial charge in [-0.3, -0.25) is 9.08 Å². The van der Waals surface area contributed by atoms with Gasteiger partial charge in [-0.25, -0.2) is 9.97 Å². The Morgan fingerprint density at radius 2 is 1.91 bits per heavy atom. The summed E-state index contributed by atoms with van der Waals surface area (Å²) in [7, 11) is 1.84. The summed E-state index contributed by atoms with van der Waals surface area (Å²) in [6, 6.07) is 14.6. The normalized spacial score (nSPS) is 12.2. The molecule has 0 saturated carbocycles. The third-order valence-electron chi connectivity index (χ3n) is 5.12. The first-order chi connectivity index (χ1) is 15.6. The van der Waals surface area contributed by atoms with Gasteiger partial charge in [-0.2, -0.15) is 5.10 Å². The first kappa shape index (κ1) is 20.1. The molecule has 32 heavy (non-hydrogen) atoms. The molecule has 0 spiro atoms. The minimum atomic E-state index is -0.707. The molecule has 5 rings (SSSR count). The Morgan fingerprint density at radius 1 is 1.06 bits per heavy atom. The van der Waals surface area contributed by atoms with Crippen LogP contribution in [0.5, 0.6) is 0 Å². The quantitative estimate of drug-likeness (QED) is 0.410. The standard InChI is InChI=1S/C22H19ClN8O/c1-30-19(7-10-25-30)27-22-24-9-6-17(26-22)15-8-11-31-20(12-15)28-29-21(31)13-18(32)14-2-4-16(23)5-3-14/h2-12,18,32H,13H2,1H3,(H,24,26,27)/t18-/m1/s1. The highest BCUT2D eigenvalue weighted by molar-refractivity contribution is 6.30. The zero-order chi connectivity index (χ0) is 22.1.